The Morgan fingerprint density at radius 3 is 1.02 bits per heavy atom. The fourth-order valence-electron chi connectivity index (χ4n) is 5.75. The Labute approximate surface area is 245 Å². The number of nitrogen functional groups attached to an aromatic ring is 2. The van der Waals surface area contributed by atoms with Gasteiger partial charge in [0.2, 0.25) is 0 Å². The molecule has 42 heavy (non-hydrogen) atoms. The largest absolute Gasteiger partial charge is 0.397 e. The van der Waals surface area contributed by atoms with E-state index in [1.54, 1.807) is 0 Å². The summed E-state index contributed by atoms with van der Waals surface area (Å²) < 4.78 is 0. The molecular formula is C38H30N4. The van der Waals surface area contributed by atoms with Crippen molar-refractivity contribution in [2.75, 3.05) is 21.3 Å². The third-order valence-corrected chi connectivity index (χ3v) is 7.74. The Kier molecular flexibility index (Phi) is 6.42. The molecule has 4 nitrogen and oxygen atoms in total. The van der Waals surface area contributed by atoms with Crippen molar-refractivity contribution in [3.8, 4) is 0 Å². The minimum absolute atomic E-state index is 0.594. The number of nitrogens with two attached hydrogens (primary N) is 2. The fourth-order valence-corrected chi connectivity index (χ4v) is 5.75. The van der Waals surface area contributed by atoms with E-state index in [-0.39, 0.29) is 0 Å². The second-order valence-corrected chi connectivity index (χ2v) is 10.3. The molecule has 0 aliphatic carbocycles. The van der Waals surface area contributed by atoms with E-state index in [1.165, 1.54) is 0 Å². The standard InChI is InChI=1S/C38H30N4/c39-37-34-24-22-31(41(27-13-5-1-6-14-27)28-15-7-2-8-16-28)25-35(34)33-23-21-32(26-36(33)38(37)40)42(29-17-9-3-10-18-29)30-19-11-4-12-20-30/h1-26H,39-40H2. The summed E-state index contributed by atoms with van der Waals surface area (Å²) in [6.07, 6.45) is 0. The Hall–Kier alpha value is -5.74. The smallest absolute Gasteiger partial charge is 0.0634 e. The minimum Gasteiger partial charge on any atom is -0.397 e. The SMILES string of the molecule is Nc1c(N)c2ccc(N(c3ccccc3)c3ccccc3)cc2c2ccc(N(c3ccccc3)c3ccccc3)cc12. The van der Waals surface area contributed by atoms with Crippen LogP contribution in [0.3, 0.4) is 0 Å². The predicted molar refractivity (Wildman–Crippen MR) is 180 cm³/mol. The molecule has 0 amide bonds. The van der Waals surface area contributed by atoms with Gasteiger partial charge in [0.05, 0.1) is 11.4 Å². The number of nitrogens with zero attached hydrogens (tertiary/aromatic N) is 2. The zero-order valence-electron chi connectivity index (χ0n) is 23.1. The molecule has 0 saturated heterocycles. The van der Waals surface area contributed by atoms with Crippen molar-refractivity contribution in [1.29, 1.82) is 0 Å². The van der Waals surface area contributed by atoms with Gasteiger partial charge < -0.3 is 21.3 Å². The first-order valence-electron chi connectivity index (χ1n) is 14.0. The van der Waals surface area contributed by atoms with E-state index in [0.29, 0.717) is 11.4 Å². The maximum absolute atomic E-state index is 6.76. The summed E-state index contributed by atoms with van der Waals surface area (Å²) in [5.41, 5.74) is 21.0. The van der Waals surface area contributed by atoms with Crippen molar-refractivity contribution in [3.63, 3.8) is 0 Å². The van der Waals surface area contributed by atoms with E-state index in [2.05, 4.69) is 143 Å². The van der Waals surface area contributed by atoms with Crippen molar-refractivity contribution in [3.05, 3.63) is 158 Å². The number of fused-ring (bicyclic) bond motifs is 3. The van der Waals surface area contributed by atoms with Crippen LogP contribution in [0.25, 0.3) is 21.5 Å². The van der Waals surface area contributed by atoms with E-state index >= 15 is 0 Å². The lowest BCUT2D eigenvalue weighted by molar-refractivity contribution is 1.29. The van der Waals surface area contributed by atoms with E-state index in [9.17, 15) is 0 Å². The maximum atomic E-state index is 6.76. The van der Waals surface area contributed by atoms with Gasteiger partial charge in [-0.05, 0) is 83.6 Å². The molecule has 0 heterocycles. The minimum atomic E-state index is 0.594. The van der Waals surface area contributed by atoms with Gasteiger partial charge in [0.15, 0.2) is 0 Å². The zero-order valence-corrected chi connectivity index (χ0v) is 23.1. The lowest BCUT2D eigenvalue weighted by atomic mass is 9.96. The molecule has 202 valence electrons. The lowest BCUT2D eigenvalue weighted by Crippen LogP contribution is -2.10. The second kappa shape index (κ2) is 10.7. The highest BCUT2D eigenvalue weighted by Gasteiger charge is 2.18. The molecule has 0 aromatic heterocycles. The van der Waals surface area contributed by atoms with Gasteiger partial charge >= 0.3 is 0 Å². The van der Waals surface area contributed by atoms with Crippen LogP contribution >= 0.6 is 0 Å². The van der Waals surface area contributed by atoms with Gasteiger partial charge in [0.25, 0.3) is 0 Å². The van der Waals surface area contributed by atoms with Crippen molar-refractivity contribution in [2.24, 2.45) is 0 Å². The molecule has 0 spiro atoms. The molecule has 0 aliphatic heterocycles. The molecule has 0 radical (unpaired) electrons. The van der Waals surface area contributed by atoms with Crippen molar-refractivity contribution in [2.45, 2.75) is 0 Å². The van der Waals surface area contributed by atoms with Crippen LogP contribution in [0.5, 0.6) is 0 Å². The average molecular weight is 543 g/mol. The van der Waals surface area contributed by atoms with Crippen LogP contribution in [0, 0.1) is 0 Å². The number of benzene rings is 7. The first kappa shape index (κ1) is 25.2. The third kappa shape index (κ3) is 4.45. The average Bonchev–Trinajstić information content (AvgIpc) is 3.06. The fraction of sp³-hybridized carbons (Fsp3) is 0. The Morgan fingerprint density at radius 2 is 0.619 bits per heavy atom. The molecule has 7 aromatic rings. The summed E-state index contributed by atoms with van der Waals surface area (Å²) in [5, 5.41) is 3.99. The van der Waals surface area contributed by atoms with Gasteiger partial charge in [-0.25, -0.2) is 0 Å². The quantitative estimate of drug-likeness (QED) is 0.125. The van der Waals surface area contributed by atoms with Crippen LogP contribution in [0.2, 0.25) is 0 Å². The Balaban J connectivity index is 1.44. The van der Waals surface area contributed by atoms with Crippen molar-refractivity contribution >= 4 is 67.0 Å². The van der Waals surface area contributed by atoms with E-state index in [1.807, 2.05) is 24.3 Å². The number of rotatable bonds is 6. The molecule has 4 N–H and O–H groups in total. The second-order valence-electron chi connectivity index (χ2n) is 10.3. The molecule has 0 aliphatic rings. The maximum Gasteiger partial charge on any atom is 0.0634 e. The number of hydrogen-bond acceptors (Lipinski definition) is 4. The van der Waals surface area contributed by atoms with Crippen LogP contribution < -0.4 is 21.3 Å². The summed E-state index contributed by atoms with van der Waals surface area (Å²) in [4.78, 5) is 4.50. The lowest BCUT2D eigenvalue weighted by Gasteiger charge is -2.27. The summed E-state index contributed by atoms with van der Waals surface area (Å²) >= 11 is 0. The van der Waals surface area contributed by atoms with Gasteiger partial charge in [0.1, 0.15) is 0 Å². The molecule has 0 fully saturated rings. The topological polar surface area (TPSA) is 58.5 Å². The predicted octanol–water partition coefficient (Wildman–Crippen LogP) is 10.1. The summed E-state index contributed by atoms with van der Waals surface area (Å²) in [6.45, 7) is 0. The first-order chi connectivity index (χ1) is 20.7. The highest BCUT2D eigenvalue weighted by atomic mass is 15.1. The molecule has 7 aromatic carbocycles. The van der Waals surface area contributed by atoms with Crippen molar-refractivity contribution < 1.29 is 0 Å². The summed E-state index contributed by atoms with van der Waals surface area (Å²) in [5.74, 6) is 0. The van der Waals surface area contributed by atoms with E-state index in [0.717, 1.165) is 55.7 Å². The molecule has 0 unspecified atom stereocenters. The number of hydrogen-bond donors (Lipinski definition) is 2. The molecule has 0 bridgehead atoms. The Morgan fingerprint density at radius 1 is 0.286 bits per heavy atom. The number of para-hydroxylation sites is 4. The van der Waals surface area contributed by atoms with E-state index < -0.39 is 0 Å². The van der Waals surface area contributed by atoms with Crippen LogP contribution in [0.15, 0.2) is 158 Å². The summed E-state index contributed by atoms with van der Waals surface area (Å²) in [6, 6.07) is 54.5. The van der Waals surface area contributed by atoms with Gasteiger partial charge in [-0.3, -0.25) is 0 Å². The summed E-state index contributed by atoms with van der Waals surface area (Å²) in [7, 11) is 0. The van der Waals surface area contributed by atoms with Gasteiger partial charge in [-0.2, -0.15) is 0 Å². The zero-order chi connectivity index (χ0) is 28.5. The molecule has 7 rings (SSSR count). The van der Waals surface area contributed by atoms with Gasteiger partial charge in [0, 0.05) is 44.9 Å². The molecular weight excluding hydrogens is 512 g/mol. The first-order valence-corrected chi connectivity index (χ1v) is 14.0. The van der Waals surface area contributed by atoms with Gasteiger partial charge in [-0.1, -0.05) is 84.9 Å². The third-order valence-electron chi connectivity index (χ3n) is 7.74. The monoisotopic (exact) mass is 542 g/mol. The molecule has 0 atom stereocenters. The van der Waals surface area contributed by atoms with Crippen molar-refractivity contribution in [1.82, 2.24) is 0 Å². The highest BCUT2D eigenvalue weighted by molar-refractivity contribution is 6.20. The van der Waals surface area contributed by atoms with Crippen LogP contribution in [0.1, 0.15) is 0 Å². The van der Waals surface area contributed by atoms with E-state index in [4.69, 9.17) is 11.5 Å². The van der Waals surface area contributed by atoms with Crippen LogP contribution in [0.4, 0.5) is 45.5 Å². The van der Waals surface area contributed by atoms with Crippen LogP contribution in [-0.2, 0) is 0 Å². The highest BCUT2D eigenvalue weighted by Crippen LogP contribution is 2.44. The Bertz CT molecular complexity index is 1910. The normalized spacial score (nSPS) is 11.0. The number of anilines is 8. The van der Waals surface area contributed by atoms with Crippen LogP contribution in [-0.4, -0.2) is 0 Å². The van der Waals surface area contributed by atoms with Gasteiger partial charge in [-0.15, -0.1) is 0 Å². The molecule has 0 saturated carbocycles. The molecule has 4 heteroatoms.